The van der Waals surface area contributed by atoms with E-state index in [4.69, 9.17) is 4.74 Å². The molecule has 1 nitrogen and oxygen atoms in total. The summed E-state index contributed by atoms with van der Waals surface area (Å²) in [6.45, 7) is 0. The van der Waals surface area contributed by atoms with Crippen LogP contribution in [0.3, 0.4) is 0 Å². The molecule has 0 aliphatic rings. The van der Waals surface area contributed by atoms with Gasteiger partial charge in [-0.2, -0.15) is 0 Å². The van der Waals surface area contributed by atoms with Crippen LogP contribution in [-0.4, -0.2) is 7.11 Å². The van der Waals surface area contributed by atoms with Crippen LogP contribution in [0.4, 0.5) is 0 Å². The average Bonchev–Trinajstić information content (AvgIpc) is 2.40. The lowest BCUT2D eigenvalue weighted by molar-refractivity contribution is 0.412. The van der Waals surface area contributed by atoms with E-state index in [0.29, 0.717) is 0 Å². The van der Waals surface area contributed by atoms with E-state index in [-0.39, 0.29) is 4.83 Å². The van der Waals surface area contributed by atoms with Crippen molar-refractivity contribution in [3.8, 4) is 5.75 Å². The summed E-state index contributed by atoms with van der Waals surface area (Å²) in [6, 6.07) is 12.4. The van der Waals surface area contributed by atoms with E-state index in [2.05, 4.69) is 101 Å². The number of methoxy groups -OCH3 is 1. The van der Waals surface area contributed by atoms with Crippen molar-refractivity contribution < 1.29 is 4.74 Å². The molecule has 0 aromatic heterocycles. The third-order valence-electron chi connectivity index (χ3n) is 2.70. The molecular weight excluding hydrogens is 551 g/mol. The molecule has 1 unspecified atom stereocenters. The van der Waals surface area contributed by atoms with Gasteiger partial charge in [-0.3, -0.25) is 0 Å². The normalized spacial score (nSPS) is 12.3. The van der Waals surface area contributed by atoms with Gasteiger partial charge in [-0.25, -0.2) is 0 Å². The molecule has 5 heteroatoms. The van der Waals surface area contributed by atoms with Crippen LogP contribution >= 0.6 is 70.4 Å². The van der Waals surface area contributed by atoms with Crippen molar-refractivity contribution >= 4 is 70.4 Å². The monoisotopic (exact) mass is 558 g/mol. The molecule has 0 bridgehead atoms. The molecule has 0 radical (unpaired) electrons. The Morgan fingerprint density at radius 3 is 2.47 bits per heavy atom. The average molecular weight is 561 g/mol. The van der Waals surface area contributed by atoms with Crippen LogP contribution in [0, 0.1) is 3.57 Å². The van der Waals surface area contributed by atoms with Crippen molar-refractivity contribution in [1.82, 2.24) is 0 Å². The lowest BCUT2D eigenvalue weighted by Gasteiger charge is -2.14. The minimum atomic E-state index is 0.152. The summed E-state index contributed by atoms with van der Waals surface area (Å²) in [5.41, 5.74) is 2.43. The molecule has 0 aliphatic heterocycles. The third kappa shape index (κ3) is 3.74. The molecule has 2 aromatic carbocycles. The lowest BCUT2D eigenvalue weighted by Crippen LogP contribution is -1.97. The van der Waals surface area contributed by atoms with Crippen LogP contribution in [0.15, 0.2) is 45.3 Å². The zero-order valence-electron chi connectivity index (χ0n) is 9.96. The summed E-state index contributed by atoms with van der Waals surface area (Å²) in [7, 11) is 1.67. The first-order valence-electron chi connectivity index (χ1n) is 5.45. The van der Waals surface area contributed by atoms with E-state index in [1.54, 1.807) is 7.11 Å². The number of hydrogen-bond acceptors (Lipinski definition) is 1. The highest BCUT2D eigenvalue weighted by atomic mass is 127. The topological polar surface area (TPSA) is 9.23 Å². The molecule has 0 amide bonds. The first-order chi connectivity index (χ1) is 9.02. The van der Waals surface area contributed by atoms with Gasteiger partial charge >= 0.3 is 0 Å². The number of hydrogen-bond donors (Lipinski definition) is 0. The van der Waals surface area contributed by atoms with Crippen LogP contribution in [-0.2, 0) is 0 Å². The summed E-state index contributed by atoms with van der Waals surface area (Å²) in [5.74, 6) is 0.840. The van der Waals surface area contributed by atoms with E-state index >= 15 is 0 Å². The van der Waals surface area contributed by atoms with Gasteiger partial charge in [-0.05, 0) is 80.0 Å². The highest BCUT2D eigenvalue weighted by Gasteiger charge is 2.15. The van der Waals surface area contributed by atoms with E-state index < -0.39 is 0 Å². The number of halogens is 4. The van der Waals surface area contributed by atoms with Crippen molar-refractivity contribution in [1.29, 1.82) is 0 Å². The Bertz CT molecular complexity index is 601. The molecule has 0 saturated carbocycles. The van der Waals surface area contributed by atoms with Gasteiger partial charge in [-0.1, -0.05) is 37.9 Å². The van der Waals surface area contributed by atoms with Crippen LogP contribution in [0.5, 0.6) is 5.75 Å². The van der Waals surface area contributed by atoms with Crippen LogP contribution in [0.1, 0.15) is 16.0 Å². The minimum Gasteiger partial charge on any atom is -0.496 e. The van der Waals surface area contributed by atoms with E-state index in [1.807, 2.05) is 6.07 Å². The van der Waals surface area contributed by atoms with Gasteiger partial charge in [0.2, 0.25) is 0 Å². The molecule has 1 atom stereocenters. The highest BCUT2D eigenvalue weighted by molar-refractivity contribution is 14.1. The van der Waals surface area contributed by atoms with Gasteiger partial charge in [0.1, 0.15) is 5.75 Å². The second-order valence-electron chi connectivity index (χ2n) is 3.92. The molecule has 0 N–H and O–H groups in total. The molecule has 0 aliphatic carbocycles. The van der Waals surface area contributed by atoms with Crippen molar-refractivity contribution in [3.63, 3.8) is 0 Å². The van der Waals surface area contributed by atoms with Crippen LogP contribution < -0.4 is 4.74 Å². The molecule has 0 heterocycles. The van der Waals surface area contributed by atoms with Crippen molar-refractivity contribution in [2.24, 2.45) is 0 Å². The van der Waals surface area contributed by atoms with Gasteiger partial charge in [0, 0.05) is 8.04 Å². The van der Waals surface area contributed by atoms with Gasteiger partial charge in [0.25, 0.3) is 0 Å². The van der Waals surface area contributed by atoms with Gasteiger partial charge < -0.3 is 4.74 Å². The zero-order valence-corrected chi connectivity index (χ0v) is 16.9. The Kier molecular flexibility index (Phi) is 5.75. The Morgan fingerprint density at radius 2 is 1.84 bits per heavy atom. The fourth-order valence-electron chi connectivity index (χ4n) is 1.73. The quantitative estimate of drug-likeness (QED) is 0.316. The molecule has 19 heavy (non-hydrogen) atoms. The van der Waals surface area contributed by atoms with Crippen LogP contribution in [0.25, 0.3) is 0 Å². The maximum Gasteiger partial charge on any atom is 0.133 e. The van der Waals surface area contributed by atoms with Crippen molar-refractivity contribution in [2.45, 2.75) is 4.83 Å². The predicted molar refractivity (Wildman–Crippen MR) is 98.3 cm³/mol. The van der Waals surface area contributed by atoms with Crippen molar-refractivity contribution in [2.75, 3.05) is 7.11 Å². The number of ether oxygens (including phenoxy) is 1. The largest absolute Gasteiger partial charge is 0.496 e. The van der Waals surface area contributed by atoms with E-state index in [0.717, 1.165) is 14.7 Å². The van der Waals surface area contributed by atoms with Crippen molar-refractivity contribution in [3.05, 3.63) is 60.0 Å². The summed E-state index contributed by atoms with van der Waals surface area (Å²) >= 11 is 13.2. The summed E-state index contributed by atoms with van der Waals surface area (Å²) in [6.07, 6.45) is 0. The standard InChI is InChI=1S/C14H10Br3IO/c1-19-13-5-2-8(6-11(13)16)14(17)10-7-9(15)3-4-12(10)18/h2-7,14H,1H3. The Hall–Kier alpha value is 0.410. The Balaban J connectivity index is 2.41. The maximum absolute atomic E-state index is 5.26. The number of benzene rings is 2. The summed E-state index contributed by atoms with van der Waals surface area (Å²) < 4.78 is 8.53. The molecule has 0 fully saturated rings. The minimum absolute atomic E-state index is 0.152. The highest BCUT2D eigenvalue weighted by Crippen LogP contribution is 2.38. The summed E-state index contributed by atoms with van der Waals surface area (Å²) in [5, 5.41) is 0. The third-order valence-corrected chi connectivity index (χ3v) is 5.82. The molecule has 0 spiro atoms. The molecule has 100 valence electrons. The fraction of sp³-hybridized carbons (Fsp3) is 0.143. The number of rotatable bonds is 3. The first kappa shape index (κ1) is 15.8. The Labute approximate surface area is 151 Å². The Morgan fingerprint density at radius 1 is 1.11 bits per heavy atom. The molecule has 0 saturated heterocycles. The maximum atomic E-state index is 5.26. The lowest BCUT2D eigenvalue weighted by atomic mass is 10.0. The zero-order chi connectivity index (χ0) is 14.0. The molecule has 2 rings (SSSR count). The second-order valence-corrected chi connectivity index (χ2v) is 7.77. The van der Waals surface area contributed by atoms with E-state index in [9.17, 15) is 0 Å². The van der Waals surface area contributed by atoms with Gasteiger partial charge in [-0.15, -0.1) is 0 Å². The summed E-state index contributed by atoms with van der Waals surface area (Å²) in [4.78, 5) is 0.152. The first-order valence-corrected chi connectivity index (χ1v) is 9.03. The SMILES string of the molecule is COc1ccc(C(Br)c2cc(Br)ccc2I)cc1Br. The second kappa shape index (κ2) is 6.91. The van der Waals surface area contributed by atoms with Gasteiger partial charge in [0.15, 0.2) is 0 Å². The van der Waals surface area contributed by atoms with E-state index in [1.165, 1.54) is 14.7 Å². The van der Waals surface area contributed by atoms with Gasteiger partial charge in [0.05, 0.1) is 16.4 Å². The molecule has 2 aromatic rings. The smallest absolute Gasteiger partial charge is 0.133 e. The number of alkyl halides is 1. The molecular formula is C14H10Br3IO. The fourth-order valence-corrected chi connectivity index (χ4v) is 4.40. The van der Waals surface area contributed by atoms with Crippen LogP contribution in [0.2, 0.25) is 0 Å². The predicted octanol–water partition coefficient (Wildman–Crippen LogP) is 6.31.